The summed E-state index contributed by atoms with van der Waals surface area (Å²) in [6.07, 6.45) is 0.666. The second kappa shape index (κ2) is 4.74. The lowest BCUT2D eigenvalue weighted by Crippen LogP contribution is -2.38. The van der Waals surface area contributed by atoms with Gasteiger partial charge in [0.2, 0.25) is 0 Å². The molecular weight excluding hydrogens is 236 g/mol. The Morgan fingerprint density at radius 2 is 1.92 bits per heavy atom. The molecule has 0 aliphatic heterocycles. The fraction of sp³-hybridized carbons (Fsp3) is 0.778. The first kappa shape index (κ1) is 12.6. The smallest absolute Gasteiger partial charge is 0.318 e. The van der Waals surface area contributed by atoms with Crippen LogP contribution in [-0.2, 0) is 14.3 Å². The average Bonchev–Trinajstić information content (AvgIpc) is 2.13. The van der Waals surface area contributed by atoms with E-state index in [2.05, 4.69) is 20.7 Å². The maximum Gasteiger partial charge on any atom is 0.318 e. The predicted molar refractivity (Wildman–Crippen MR) is 53.8 cm³/mol. The Bertz CT molecular complexity index is 211. The molecule has 0 aliphatic carbocycles. The molecule has 0 saturated heterocycles. The normalized spacial score (nSPS) is 13.6. The lowest BCUT2D eigenvalue weighted by Gasteiger charge is -2.22. The van der Waals surface area contributed by atoms with E-state index in [0.717, 1.165) is 0 Å². The number of hydrogen-bond acceptors (Lipinski definition) is 3. The largest absolute Gasteiger partial charge is 0.468 e. The van der Waals surface area contributed by atoms with Gasteiger partial charge in [-0.2, -0.15) is 0 Å². The Kier molecular flexibility index (Phi) is 4.61. The molecule has 4 heteroatoms. The lowest BCUT2D eigenvalue weighted by molar-refractivity contribution is -0.155. The van der Waals surface area contributed by atoms with Crippen LogP contribution in [0.5, 0.6) is 0 Å². The van der Waals surface area contributed by atoms with Crippen LogP contribution in [0.15, 0.2) is 0 Å². The summed E-state index contributed by atoms with van der Waals surface area (Å²) in [7, 11) is 1.28. The van der Waals surface area contributed by atoms with E-state index < -0.39 is 11.4 Å². The quantitative estimate of drug-likeness (QED) is 0.435. The van der Waals surface area contributed by atoms with Gasteiger partial charge >= 0.3 is 5.97 Å². The standard InChI is InChI=1S/C9H15BrO3/c1-5-6(10)7(11)9(2,3)8(12)13-4/h6H,5H2,1-4H3. The third kappa shape index (κ3) is 2.79. The van der Waals surface area contributed by atoms with E-state index in [1.807, 2.05) is 6.92 Å². The molecular formula is C9H15BrO3. The number of hydrogen-bond donors (Lipinski definition) is 0. The minimum Gasteiger partial charge on any atom is -0.468 e. The highest BCUT2D eigenvalue weighted by molar-refractivity contribution is 9.10. The number of esters is 1. The summed E-state index contributed by atoms with van der Waals surface area (Å²) in [5, 5.41) is 0. The molecule has 0 aliphatic rings. The van der Waals surface area contributed by atoms with Crippen LogP contribution in [0.2, 0.25) is 0 Å². The van der Waals surface area contributed by atoms with Gasteiger partial charge in [0, 0.05) is 0 Å². The monoisotopic (exact) mass is 250 g/mol. The topological polar surface area (TPSA) is 43.4 Å². The molecule has 76 valence electrons. The molecule has 0 aromatic rings. The molecule has 1 atom stereocenters. The number of carbonyl (C=O) groups excluding carboxylic acids is 2. The van der Waals surface area contributed by atoms with Crippen LogP contribution < -0.4 is 0 Å². The van der Waals surface area contributed by atoms with Crippen molar-refractivity contribution in [3.63, 3.8) is 0 Å². The van der Waals surface area contributed by atoms with Gasteiger partial charge in [0.05, 0.1) is 11.9 Å². The van der Waals surface area contributed by atoms with Gasteiger partial charge in [-0.25, -0.2) is 0 Å². The third-order valence-corrected chi connectivity index (χ3v) is 3.02. The number of halogens is 1. The van der Waals surface area contributed by atoms with E-state index in [9.17, 15) is 9.59 Å². The summed E-state index contributed by atoms with van der Waals surface area (Å²) >= 11 is 3.22. The summed E-state index contributed by atoms with van der Waals surface area (Å²) in [6.45, 7) is 5.03. The predicted octanol–water partition coefficient (Wildman–Crippen LogP) is 1.93. The average molecular weight is 251 g/mol. The molecule has 0 amide bonds. The van der Waals surface area contributed by atoms with Gasteiger partial charge in [-0.3, -0.25) is 9.59 Å². The van der Waals surface area contributed by atoms with Crippen LogP contribution in [0.3, 0.4) is 0 Å². The summed E-state index contributed by atoms with van der Waals surface area (Å²) < 4.78 is 4.55. The highest BCUT2D eigenvalue weighted by Crippen LogP contribution is 2.24. The molecule has 0 N–H and O–H groups in total. The number of methoxy groups -OCH3 is 1. The second-order valence-electron chi connectivity index (χ2n) is 3.36. The van der Waals surface area contributed by atoms with E-state index in [1.165, 1.54) is 7.11 Å². The van der Waals surface area contributed by atoms with Crippen molar-refractivity contribution in [2.45, 2.75) is 32.0 Å². The van der Waals surface area contributed by atoms with Crippen molar-refractivity contribution in [2.24, 2.45) is 5.41 Å². The molecule has 3 nitrogen and oxygen atoms in total. The number of rotatable bonds is 4. The molecule has 0 radical (unpaired) electrons. The number of ether oxygens (including phenoxy) is 1. The van der Waals surface area contributed by atoms with Crippen LogP contribution in [0.4, 0.5) is 0 Å². The van der Waals surface area contributed by atoms with Gasteiger partial charge in [0.15, 0.2) is 5.78 Å². The summed E-state index contributed by atoms with van der Waals surface area (Å²) in [4.78, 5) is 22.6. The molecule has 1 unspecified atom stereocenters. The molecule has 0 heterocycles. The fourth-order valence-corrected chi connectivity index (χ4v) is 1.50. The molecule has 0 bridgehead atoms. The molecule has 0 fully saturated rings. The van der Waals surface area contributed by atoms with Crippen molar-refractivity contribution >= 4 is 27.7 Å². The summed E-state index contributed by atoms with van der Waals surface area (Å²) in [5.74, 6) is -0.628. The minimum absolute atomic E-state index is 0.137. The second-order valence-corrected chi connectivity index (χ2v) is 4.46. The highest BCUT2D eigenvalue weighted by atomic mass is 79.9. The van der Waals surface area contributed by atoms with Crippen molar-refractivity contribution in [3.8, 4) is 0 Å². The minimum atomic E-state index is -1.06. The number of alkyl halides is 1. The van der Waals surface area contributed by atoms with Gasteiger partial charge in [0.1, 0.15) is 5.41 Å². The molecule has 0 saturated carbocycles. The number of Topliss-reactive ketones (excluding diaryl/α,β-unsaturated/α-hetero) is 1. The zero-order chi connectivity index (χ0) is 10.6. The van der Waals surface area contributed by atoms with Crippen molar-refractivity contribution < 1.29 is 14.3 Å². The van der Waals surface area contributed by atoms with Crippen LogP contribution >= 0.6 is 15.9 Å². The highest BCUT2D eigenvalue weighted by Gasteiger charge is 2.39. The molecule has 13 heavy (non-hydrogen) atoms. The van der Waals surface area contributed by atoms with Crippen LogP contribution in [-0.4, -0.2) is 23.7 Å². The van der Waals surface area contributed by atoms with Gasteiger partial charge in [-0.1, -0.05) is 22.9 Å². The van der Waals surface area contributed by atoms with Crippen LogP contribution in [0.25, 0.3) is 0 Å². The van der Waals surface area contributed by atoms with Crippen molar-refractivity contribution in [2.75, 3.05) is 7.11 Å². The number of carbonyl (C=O) groups is 2. The van der Waals surface area contributed by atoms with Gasteiger partial charge in [-0.15, -0.1) is 0 Å². The maximum atomic E-state index is 11.6. The molecule has 0 aromatic carbocycles. The Balaban J connectivity index is 4.63. The first-order valence-electron chi connectivity index (χ1n) is 4.14. The summed E-state index contributed by atoms with van der Waals surface area (Å²) in [6, 6.07) is 0. The SMILES string of the molecule is CCC(Br)C(=O)C(C)(C)C(=O)OC. The van der Waals surface area contributed by atoms with Crippen molar-refractivity contribution in [1.29, 1.82) is 0 Å². The first-order valence-corrected chi connectivity index (χ1v) is 5.06. The van der Waals surface area contributed by atoms with E-state index in [0.29, 0.717) is 6.42 Å². The first-order chi connectivity index (χ1) is 5.87. The van der Waals surface area contributed by atoms with E-state index in [-0.39, 0.29) is 10.6 Å². The van der Waals surface area contributed by atoms with Crippen molar-refractivity contribution in [1.82, 2.24) is 0 Å². The number of ketones is 1. The van der Waals surface area contributed by atoms with E-state index in [1.54, 1.807) is 13.8 Å². The fourth-order valence-electron chi connectivity index (χ4n) is 0.933. The van der Waals surface area contributed by atoms with Gasteiger partial charge in [0.25, 0.3) is 0 Å². The molecule has 0 rings (SSSR count). The summed E-state index contributed by atoms with van der Waals surface area (Å²) in [5.41, 5.74) is -1.06. The van der Waals surface area contributed by atoms with Crippen molar-refractivity contribution in [3.05, 3.63) is 0 Å². The van der Waals surface area contributed by atoms with E-state index >= 15 is 0 Å². The third-order valence-electron chi connectivity index (χ3n) is 1.95. The molecule has 0 spiro atoms. The Labute approximate surface area is 87.0 Å². The maximum absolute atomic E-state index is 11.6. The lowest BCUT2D eigenvalue weighted by atomic mass is 9.86. The molecule has 0 aromatic heterocycles. The zero-order valence-electron chi connectivity index (χ0n) is 8.39. The Hall–Kier alpha value is -0.380. The zero-order valence-corrected chi connectivity index (χ0v) is 9.97. The Morgan fingerprint density at radius 1 is 1.46 bits per heavy atom. The van der Waals surface area contributed by atoms with Gasteiger partial charge < -0.3 is 4.74 Å². The van der Waals surface area contributed by atoms with E-state index in [4.69, 9.17) is 0 Å². The Morgan fingerprint density at radius 3 is 2.23 bits per heavy atom. The van der Waals surface area contributed by atoms with Crippen LogP contribution in [0, 0.1) is 5.41 Å². The van der Waals surface area contributed by atoms with Gasteiger partial charge in [-0.05, 0) is 20.3 Å². The van der Waals surface area contributed by atoms with Crippen LogP contribution in [0.1, 0.15) is 27.2 Å².